The Bertz CT molecular complexity index is 308. The van der Waals surface area contributed by atoms with Crippen molar-refractivity contribution in [1.82, 2.24) is 0 Å². The Kier molecular flexibility index (Phi) is 3.84. The summed E-state index contributed by atoms with van der Waals surface area (Å²) >= 11 is 3.36. The summed E-state index contributed by atoms with van der Waals surface area (Å²) in [6, 6.07) is 7.79. The fraction of sp³-hybridized carbons (Fsp3) is 0.364. The first-order chi connectivity index (χ1) is 6.62. The van der Waals surface area contributed by atoms with Gasteiger partial charge in [0.15, 0.2) is 0 Å². The monoisotopic (exact) mass is 256 g/mol. The molecule has 3 heteroatoms. The van der Waals surface area contributed by atoms with Crippen molar-refractivity contribution in [1.29, 1.82) is 0 Å². The molecule has 0 aliphatic carbocycles. The minimum absolute atomic E-state index is 0.366. The second kappa shape index (κ2) is 4.71. The van der Waals surface area contributed by atoms with Gasteiger partial charge in [0.2, 0.25) is 0 Å². The molecule has 0 bridgehead atoms. The van der Waals surface area contributed by atoms with E-state index in [1.807, 2.05) is 31.2 Å². The summed E-state index contributed by atoms with van der Waals surface area (Å²) in [6.45, 7) is 1.91. The van der Waals surface area contributed by atoms with Crippen LogP contribution in [0.1, 0.15) is 18.9 Å². The van der Waals surface area contributed by atoms with Gasteiger partial charge in [-0.25, -0.2) is 0 Å². The summed E-state index contributed by atoms with van der Waals surface area (Å²) in [5.41, 5.74) is 0.498. The van der Waals surface area contributed by atoms with Crippen LogP contribution < -0.4 is 0 Å². The SMILES string of the molecule is COC(C)(CC=O)c1ccc(Br)cc1. The number of benzene rings is 1. The second-order valence-electron chi connectivity index (χ2n) is 3.31. The zero-order chi connectivity index (χ0) is 10.6. The summed E-state index contributed by atoms with van der Waals surface area (Å²) in [4.78, 5) is 10.5. The Morgan fingerprint density at radius 2 is 2.00 bits per heavy atom. The van der Waals surface area contributed by atoms with Gasteiger partial charge in [-0.15, -0.1) is 0 Å². The third kappa shape index (κ3) is 2.42. The number of aldehydes is 1. The number of hydrogen-bond donors (Lipinski definition) is 0. The molecule has 1 atom stereocenters. The molecule has 0 aliphatic rings. The van der Waals surface area contributed by atoms with Crippen LogP contribution in [0.25, 0.3) is 0 Å². The lowest BCUT2D eigenvalue weighted by molar-refractivity contribution is -0.113. The van der Waals surface area contributed by atoms with Gasteiger partial charge in [0.1, 0.15) is 6.29 Å². The maximum Gasteiger partial charge on any atom is 0.123 e. The topological polar surface area (TPSA) is 26.3 Å². The van der Waals surface area contributed by atoms with Crippen LogP contribution in [0.2, 0.25) is 0 Å². The minimum Gasteiger partial charge on any atom is -0.373 e. The van der Waals surface area contributed by atoms with Crippen molar-refractivity contribution in [2.45, 2.75) is 18.9 Å². The Morgan fingerprint density at radius 1 is 1.43 bits per heavy atom. The van der Waals surface area contributed by atoms with E-state index in [1.165, 1.54) is 0 Å². The largest absolute Gasteiger partial charge is 0.373 e. The third-order valence-electron chi connectivity index (χ3n) is 2.38. The van der Waals surface area contributed by atoms with Gasteiger partial charge in [-0.2, -0.15) is 0 Å². The van der Waals surface area contributed by atoms with E-state index < -0.39 is 5.60 Å². The van der Waals surface area contributed by atoms with Crippen LogP contribution in [-0.2, 0) is 15.1 Å². The number of halogens is 1. The summed E-state index contributed by atoms with van der Waals surface area (Å²) in [6.07, 6.45) is 1.25. The molecule has 0 radical (unpaired) electrons. The molecule has 2 nitrogen and oxygen atoms in total. The number of carbonyl (C=O) groups is 1. The predicted molar refractivity (Wildman–Crippen MR) is 59.2 cm³/mol. The molecule has 0 amide bonds. The van der Waals surface area contributed by atoms with E-state index >= 15 is 0 Å². The number of rotatable bonds is 4. The number of carbonyl (C=O) groups excluding carboxylic acids is 1. The number of hydrogen-bond acceptors (Lipinski definition) is 2. The standard InChI is InChI=1S/C11H13BrO2/c1-11(14-2,7-8-13)9-3-5-10(12)6-4-9/h3-6,8H,7H2,1-2H3. The van der Waals surface area contributed by atoms with E-state index in [4.69, 9.17) is 4.74 Å². The predicted octanol–water partition coefficient (Wildman–Crippen LogP) is 2.90. The van der Waals surface area contributed by atoms with E-state index in [1.54, 1.807) is 7.11 Å². The van der Waals surface area contributed by atoms with Crippen LogP contribution in [0.4, 0.5) is 0 Å². The van der Waals surface area contributed by atoms with Crippen LogP contribution in [0.15, 0.2) is 28.7 Å². The van der Waals surface area contributed by atoms with Gasteiger partial charge in [0.05, 0.1) is 5.60 Å². The van der Waals surface area contributed by atoms with Crippen molar-refractivity contribution in [3.05, 3.63) is 34.3 Å². The van der Waals surface area contributed by atoms with E-state index in [0.717, 1.165) is 16.3 Å². The molecule has 0 heterocycles. The summed E-state index contributed by atoms with van der Waals surface area (Å²) < 4.78 is 6.38. The van der Waals surface area contributed by atoms with Crippen LogP contribution in [-0.4, -0.2) is 13.4 Å². The van der Waals surface area contributed by atoms with E-state index in [9.17, 15) is 4.79 Å². The average molecular weight is 257 g/mol. The third-order valence-corrected chi connectivity index (χ3v) is 2.91. The molecule has 0 saturated carbocycles. The van der Waals surface area contributed by atoms with Crippen molar-refractivity contribution < 1.29 is 9.53 Å². The van der Waals surface area contributed by atoms with Gasteiger partial charge in [0.25, 0.3) is 0 Å². The number of methoxy groups -OCH3 is 1. The fourth-order valence-corrected chi connectivity index (χ4v) is 1.54. The summed E-state index contributed by atoms with van der Waals surface area (Å²) in [7, 11) is 1.62. The van der Waals surface area contributed by atoms with Crippen molar-refractivity contribution >= 4 is 22.2 Å². The molecule has 0 aromatic heterocycles. The molecule has 14 heavy (non-hydrogen) atoms. The zero-order valence-corrected chi connectivity index (χ0v) is 9.87. The molecule has 0 spiro atoms. The highest BCUT2D eigenvalue weighted by Crippen LogP contribution is 2.28. The Morgan fingerprint density at radius 3 is 2.43 bits per heavy atom. The molecule has 0 N–H and O–H groups in total. The second-order valence-corrected chi connectivity index (χ2v) is 4.23. The van der Waals surface area contributed by atoms with Crippen molar-refractivity contribution in [3.63, 3.8) is 0 Å². The smallest absolute Gasteiger partial charge is 0.123 e. The molecule has 76 valence electrons. The van der Waals surface area contributed by atoms with Gasteiger partial charge in [-0.05, 0) is 24.6 Å². The first-order valence-electron chi connectivity index (χ1n) is 4.37. The summed E-state index contributed by atoms with van der Waals surface area (Å²) in [5.74, 6) is 0. The van der Waals surface area contributed by atoms with E-state index in [0.29, 0.717) is 6.42 Å². The van der Waals surface area contributed by atoms with Crippen molar-refractivity contribution in [2.75, 3.05) is 7.11 Å². The Labute approximate surface area is 92.4 Å². The molecule has 1 aromatic carbocycles. The Balaban J connectivity index is 2.99. The molecule has 1 aromatic rings. The first-order valence-corrected chi connectivity index (χ1v) is 5.16. The quantitative estimate of drug-likeness (QED) is 0.775. The van der Waals surface area contributed by atoms with Gasteiger partial charge in [-0.3, -0.25) is 0 Å². The normalized spacial score (nSPS) is 14.8. The van der Waals surface area contributed by atoms with Gasteiger partial charge in [0, 0.05) is 18.0 Å². The lowest BCUT2D eigenvalue weighted by Gasteiger charge is -2.26. The molecule has 0 aliphatic heterocycles. The molecule has 0 fully saturated rings. The highest BCUT2D eigenvalue weighted by molar-refractivity contribution is 9.10. The maximum atomic E-state index is 10.5. The van der Waals surface area contributed by atoms with Crippen molar-refractivity contribution in [3.8, 4) is 0 Å². The van der Waals surface area contributed by atoms with Gasteiger partial charge >= 0.3 is 0 Å². The highest BCUT2D eigenvalue weighted by Gasteiger charge is 2.25. The molecule has 0 saturated heterocycles. The zero-order valence-electron chi connectivity index (χ0n) is 8.29. The first kappa shape index (κ1) is 11.4. The number of ether oxygens (including phenoxy) is 1. The average Bonchev–Trinajstić information content (AvgIpc) is 2.19. The lowest BCUT2D eigenvalue weighted by atomic mass is 9.93. The van der Waals surface area contributed by atoms with E-state index in [2.05, 4.69) is 15.9 Å². The molecular weight excluding hydrogens is 244 g/mol. The Hall–Kier alpha value is -0.670. The van der Waals surface area contributed by atoms with E-state index in [-0.39, 0.29) is 0 Å². The van der Waals surface area contributed by atoms with Crippen molar-refractivity contribution in [2.24, 2.45) is 0 Å². The fourth-order valence-electron chi connectivity index (χ4n) is 1.28. The summed E-state index contributed by atoms with van der Waals surface area (Å²) in [5, 5.41) is 0. The minimum atomic E-state index is -0.511. The highest BCUT2D eigenvalue weighted by atomic mass is 79.9. The van der Waals surface area contributed by atoms with Gasteiger partial charge < -0.3 is 9.53 Å². The van der Waals surface area contributed by atoms with Crippen LogP contribution in [0.5, 0.6) is 0 Å². The maximum absolute atomic E-state index is 10.5. The van der Waals surface area contributed by atoms with Crippen LogP contribution >= 0.6 is 15.9 Å². The lowest BCUT2D eigenvalue weighted by Crippen LogP contribution is -2.24. The molecule has 1 rings (SSSR count). The molecule has 1 unspecified atom stereocenters. The molecular formula is C11H13BrO2. The van der Waals surface area contributed by atoms with Crippen LogP contribution in [0, 0.1) is 0 Å². The van der Waals surface area contributed by atoms with Crippen LogP contribution in [0.3, 0.4) is 0 Å². The van der Waals surface area contributed by atoms with Gasteiger partial charge in [-0.1, -0.05) is 28.1 Å².